The van der Waals surface area contributed by atoms with Crippen molar-refractivity contribution in [2.45, 2.75) is 31.6 Å². The van der Waals surface area contributed by atoms with Crippen molar-refractivity contribution in [3.63, 3.8) is 0 Å². The highest BCUT2D eigenvalue weighted by atomic mass is 19.4. The average molecular weight is 210 g/mol. The first-order chi connectivity index (χ1) is 6.13. The number of carbonyl (C=O) groups is 1. The summed E-state index contributed by atoms with van der Waals surface area (Å²) in [5, 5.41) is 2.07. The maximum absolute atomic E-state index is 12.2. The van der Waals surface area contributed by atoms with Gasteiger partial charge >= 0.3 is 6.18 Å². The second-order valence-electron chi connectivity index (χ2n) is 3.20. The first-order valence-electron chi connectivity index (χ1n) is 3.92. The van der Waals surface area contributed by atoms with E-state index in [-0.39, 0.29) is 0 Å². The first-order valence-corrected chi connectivity index (χ1v) is 3.92. The summed E-state index contributed by atoms with van der Waals surface area (Å²) in [7, 11) is 0. The molecule has 0 bridgehead atoms. The Bertz CT molecular complexity index is 235. The molecule has 2 unspecified atom stereocenters. The lowest BCUT2D eigenvalue weighted by atomic mass is 10.0. The third-order valence-electron chi connectivity index (χ3n) is 1.77. The molecular weight excluding hydrogens is 197 g/mol. The zero-order valence-electron chi connectivity index (χ0n) is 7.98. The molecule has 0 aromatic carbocycles. The third-order valence-corrected chi connectivity index (χ3v) is 1.77. The van der Waals surface area contributed by atoms with Gasteiger partial charge < -0.3 is 11.1 Å². The number of nitrogens with one attached hydrogen (secondary N) is 1. The number of halogens is 3. The fourth-order valence-corrected chi connectivity index (χ4v) is 0.544. The molecule has 2 atom stereocenters. The van der Waals surface area contributed by atoms with Crippen molar-refractivity contribution in [2.75, 3.05) is 0 Å². The molecule has 0 aromatic heterocycles. The summed E-state index contributed by atoms with van der Waals surface area (Å²) in [5.41, 5.74) is 2.00. The molecule has 14 heavy (non-hydrogen) atoms. The van der Waals surface area contributed by atoms with Gasteiger partial charge in [0.15, 0.2) is 5.54 Å². The monoisotopic (exact) mass is 210 g/mol. The zero-order chi connectivity index (χ0) is 11.6. The molecule has 0 spiro atoms. The number of hydrogen-bond acceptors (Lipinski definition) is 2. The minimum Gasteiger partial charge on any atom is -0.348 e. The summed E-state index contributed by atoms with van der Waals surface area (Å²) in [6, 6.07) is -0.548. The summed E-state index contributed by atoms with van der Waals surface area (Å²) < 4.78 is 36.7. The van der Waals surface area contributed by atoms with E-state index in [0.717, 1.165) is 0 Å². The van der Waals surface area contributed by atoms with Crippen LogP contribution in [0.3, 0.4) is 0 Å². The molecule has 0 heterocycles. The number of hydrogen-bond donors (Lipinski definition) is 2. The van der Waals surface area contributed by atoms with E-state index in [2.05, 4.69) is 11.9 Å². The molecule has 0 radical (unpaired) electrons. The highest BCUT2D eigenvalue weighted by Gasteiger charge is 2.53. The molecule has 6 heteroatoms. The summed E-state index contributed by atoms with van der Waals surface area (Å²) in [5.74, 6) is -1.27. The van der Waals surface area contributed by atoms with Crippen molar-refractivity contribution < 1.29 is 18.0 Å². The van der Waals surface area contributed by atoms with Gasteiger partial charge in [-0.3, -0.25) is 4.79 Å². The maximum Gasteiger partial charge on any atom is 0.415 e. The molecule has 0 saturated heterocycles. The Morgan fingerprint density at radius 2 is 2.00 bits per heavy atom. The van der Waals surface area contributed by atoms with E-state index >= 15 is 0 Å². The lowest BCUT2D eigenvalue weighted by Crippen LogP contribution is -2.62. The Hall–Kier alpha value is -1.04. The van der Waals surface area contributed by atoms with E-state index in [0.29, 0.717) is 6.92 Å². The fourth-order valence-electron chi connectivity index (χ4n) is 0.544. The van der Waals surface area contributed by atoms with Gasteiger partial charge in [-0.05, 0) is 13.8 Å². The summed E-state index contributed by atoms with van der Waals surface area (Å²) in [6.07, 6.45) is -3.46. The van der Waals surface area contributed by atoms with E-state index in [9.17, 15) is 18.0 Å². The van der Waals surface area contributed by atoms with Crippen LogP contribution in [-0.2, 0) is 4.79 Å². The topological polar surface area (TPSA) is 55.1 Å². The second-order valence-corrected chi connectivity index (χ2v) is 3.20. The van der Waals surface area contributed by atoms with Gasteiger partial charge in [-0.25, -0.2) is 0 Å². The van der Waals surface area contributed by atoms with Crippen LogP contribution in [0.1, 0.15) is 13.8 Å². The Kier molecular flexibility index (Phi) is 3.70. The van der Waals surface area contributed by atoms with Crippen LogP contribution >= 0.6 is 0 Å². The zero-order valence-corrected chi connectivity index (χ0v) is 7.98. The van der Waals surface area contributed by atoms with Crippen LogP contribution in [0.25, 0.3) is 0 Å². The third kappa shape index (κ3) is 2.73. The molecule has 0 aliphatic carbocycles. The molecule has 0 fully saturated rings. The minimum absolute atomic E-state index is 0.548. The van der Waals surface area contributed by atoms with Crippen LogP contribution in [0, 0.1) is 0 Å². The van der Waals surface area contributed by atoms with Gasteiger partial charge in [0.1, 0.15) is 0 Å². The quantitative estimate of drug-likeness (QED) is 0.681. The Morgan fingerprint density at radius 1 is 1.57 bits per heavy atom. The van der Waals surface area contributed by atoms with Crippen LogP contribution in [0.5, 0.6) is 0 Å². The number of amides is 1. The van der Waals surface area contributed by atoms with Crippen molar-refractivity contribution in [1.82, 2.24) is 5.32 Å². The lowest BCUT2D eigenvalue weighted by molar-refractivity contribution is -0.187. The highest BCUT2D eigenvalue weighted by molar-refractivity contribution is 5.86. The van der Waals surface area contributed by atoms with Crippen molar-refractivity contribution in [1.29, 1.82) is 0 Å². The maximum atomic E-state index is 12.2. The SMILES string of the molecule is C=CC(C)NC(=O)C(C)(N)C(F)(F)F. The van der Waals surface area contributed by atoms with E-state index in [4.69, 9.17) is 5.73 Å². The van der Waals surface area contributed by atoms with E-state index in [1.54, 1.807) is 0 Å². The van der Waals surface area contributed by atoms with Crippen LogP contribution < -0.4 is 11.1 Å². The predicted molar refractivity (Wildman–Crippen MR) is 46.4 cm³/mol. The molecule has 3 N–H and O–H groups in total. The van der Waals surface area contributed by atoms with Gasteiger partial charge in [0.25, 0.3) is 0 Å². The molecule has 0 aliphatic rings. The van der Waals surface area contributed by atoms with Gasteiger partial charge in [-0.2, -0.15) is 13.2 Å². The highest BCUT2D eigenvalue weighted by Crippen LogP contribution is 2.27. The van der Waals surface area contributed by atoms with Gasteiger partial charge in [0.05, 0.1) is 0 Å². The number of carbonyl (C=O) groups excluding carboxylic acids is 1. The Balaban J connectivity index is 4.60. The van der Waals surface area contributed by atoms with Crippen molar-refractivity contribution in [2.24, 2.45) is 5.73 Å². The average Bonchev–Trinajstić information content (AvgIpc) is 2.01. The fraction of sp³-hybridized carbons (Fsp3) is 0.625. The van der Waals surface area contributed by atoms with E-state index < -0.39 is 23.7 Å². The predicted octanol–water partition coefficient (Wildman–Crippen LogP) is 0.957. The summed E-state index contributed by atoms with van der Waals surface area (Å²) in [4.78, 5) is 11.1. The van der Waals surface area contributed by atoms with Crippen LogP contribution in [0.2, 0.25) is 0 Å². The van der Waals surface area contributed by atoms with Gasteiger partial charge in [0.2, 0.25) is 5.91 Å². The number of alkyl halides is 3. The van der Waals surface area contributed by atoms with Crippen LogP contribution in [-0.4, -0.2) is 23.7 Å². The van der Waals surface area contributed by atoms with E-state index in [1.807, 2.05) is 0 Å². The lowest BCUT2D eigenvalue weighted by Gasteiger charge is -2.27. The molecular formula is C8H13F3N2O. The first kappa shape index (κ1) is 13.0. The largest absolute Gasteiger partial charge is 0.415 e. The molecule has 0 saturated carbocycles. The minimum atomic E-state index is -4.77. The molecule has 0 rings (SSSR count). The number of rotatable bonds is 3. The Labute approximate surface area is 80.2 Å². The smallest absolute Gasteiger partial charge is 0.348 e. The normalized spacial score (nSPS) is 18.1. The van der Waals surface area contributed by atoms with Crippen LogP contribution in [0.4, 0.5) is 13.2 Å². The van der Waals surface area contributed by atoms with Crippen molar-refractivity contribution in [3.8, 4) is 0 Å². The molecule has 0 aliphatic heterocycles. The number of nitrogens with two attached hydrogens (primary N) is 1. The second kappa shape index (κ2) is 4.00. The molecule has 3 nitrogen and oxygen atoms in total. The van der Waals surface area contributed by atoms with Gasteiger partial charge in [-0.1, -0.05) is 6.08 Å². The van der Waals surface area contributed by atoms with E-state index in [1.165, 1.54) is 13.0 Å². The Morgan fingerprint density at radius 3 is 2.29 bits per heavy atom. The van der Waals surface area contributed by atoms with Crippen molar-refractivity contribution >= 4 is 5.91 Å². The summed E-state index contributed by atoms with van der Waals surface area (Å²) in [6.45, 7) is 5.44. The van der Waals surface area contributed by atoms with Crippen molar-refractivity contribution in [3.05, 3.63) is 12.7 Å². The van der Waals surface area contributed by atoms with Gasteiger partial charge in [0, 0.05) is 6.04 Å². The van der Waals surface area contributed by atoms with Crippen LogP contribution in [0.15, 0.2) is 12.7 Å². The van der Waals surface area contributed by atoms with Gasteiger partial charge in [-0.15, -0.1) is 6.58 Å². The molecule has 82 valence electrons. The summed E-state index contributed by atoms with van der Waals surface area (Å²) >= 11 is 0. The molecule has 0 aromatic rings. The standard InChI is InChI=1S/C8H13F3N2O/c1-4-5(2)13-6(14)7(3,12)8(9,10)11/h4-5H,1,12H2,2-3H3,(H,13,14). The molecule has 1 amide bonds.